The number of alkyl halides is 2. The van der Waals surface area contributed by atoms with Crippen molar-refractivity contribution in [2.24, 2.45) is 4.99 Å². The predicted molar refractivity (Wildman–Crippen MR) is 155 cm³/mol. The number of amidine groups is 1. The van der Waals surface area contributed by atoms with E-state index in [0.717, 1.165) is 25.0 Å². The van der Waals surface area contributed by atoms with Gasteiger partial charge in [-0.15, -0.1) is 11.3 Å². The molecule has 5 atom stereocenters. The van der Waals surface area contributed by atoms with E-state index >= 15 is 0 Å². The third-order valence-electron chi connectivity index (χ3n) is 8.74. The number of amides is 2. The standard InChI is InChI=1S/C29H29ClF3N7O2S/c30-21-10-15(31)4-5-20(21)25-24(22-6-8-39(37-22)28(32)33)23-11-16(14-38(23)26(36-25)27-34-7-9-43-27)35-29(42)40-17-2-1-3-18(40)13-19(41)12-17/h4-10,16-19,25,28,41H,1-3,11-14H2,(H,35,42)/t16-,17-,18+,19?,25-/m0/s1. The zero-order chi connectivity index (χ0) is 29.8. The number of aliphatic imine (C=N–C) groups is 1. The number of hydrogen-bond acceptors (Lipinski definition) is 7. The van der Waals surface area contributed by atoms with Gasteiger partial charge in [-0.1, -0.05) is 17.7 Å². The molecule has 0 spiro atoms. The van der Waals surface area contributed by atoms with Crippen LogP contribution in [0.5, 0.6) is 0 Å². The number of benzene rings is 1. The number of fused-ring (bicyclic) bond motifs is 3. The van der Waals surface area contributed by atoms with Crippen molar-refractivity contribution in [2.75, 3.05) is 6.54 Å². The van der Waals surface area contributed by atoms with Crippen LogP contribution in [0.3, 0.4) is 0 Å². The summed E-state index contributed by atoms with van der Waals surface area (Å²) in [7, 11) is 0. The number of thiazole rings is 1. The van der Waals surface area contributed by atoms with Crippen LogP contribution in [-0.4, -0.2) is 72.3 Å². The van der Waals surface area contributed by atoms with E-state index in [4.69, 9.17) is 16.6 Å². The molecule has 7 rings (SSSR count). The number of aliphatic hydroxyl groups is 1. The molecule has 2 amide bonds. The highest BCUT2D eigenvalue weighted by molar-refractivity contribution is 7.11. The Kier molecular flexibility index (Phi) is 7.42. The van der Waals surface area contributed by atoms with Crippen molar-refractivity contribution in [1.29, 1.82) is 0 Å². The smallest absolute Gasteiger partial charge is 0.333 e. The normalized spacial score (nSPS) is 27.0. The second-order valence-electron chi connectivity index (χ2n) is 11.4. The number of nitrogens with zero attached hydrogens (tertiary/aromatic N) is 6. The number of rotatable bonds is 5. The fraction of sp³-hybridized carbons (Fsp3) is 0.448. The number of halogens is 4. The number of nitrogens with one attached hydrogen (secondary N) is 1. The molecular weight excluding hydrogens is 603 g/mol. The summed E-state index contributed by atoms with van der Waals surface area (Å²) in [6.07, 6.45) is 6.77. The molecule has 2 bridgehead atoms. The van der Waals surface area contributed by atoms with E-state index in [9.17, 15) is 23.1 Å². The van der Waals surface area contributed by atoms with Gasteiger partial charge in [0.2, 0.25) is 0 Å². The summed E-state index contributed by atoms with van der Waals surface area (Å²) >= 11 is 7.94. The molecule has 226 valence electrons. The third-order valence-corrected chi connectivity index (χ3v) is 9.83. The summed E-state index contributed by atoms with van der Waals surface area (Å²) in [4.78, 5) is 27.1. The lowest BCUT2D eigenvalue weighted by molar-refractivity contribution is -0.00192. The van der Waals surface area contributed by atoms with E-state index in [2.05, 4.69) is 15.4 Å². The van der Waals surface area contributed by atoms with Crippen molar-refractivity contribution >= 4 is 40.4 Å². The highest BCUT2D eigenvalue weighted by Gasteiger charge is 2.44. The van der Waals surface area contributed by atoms with Crippen molar-refractivity contribution in [3.8, 4) is 0 Å². The Labute approximate surface area is 254 Å². The molecule has 14 heteroatoms. The maximum Gasteiger partial charge on any atom is 0.333 e. The van der Waals surface area contributed by atoms with E-state index in [1.165, 1.54) is 35.7 Å². The van der Waals surface area contributed by atoms with Gasteiger partial charge in [-0.3, -0.25) is 4.99 Å². The Balaban J connectivity index is 1.29. The number of aliphatic hydroxyl groups excluding tert-OH is 1. The van der Waals surface area contributed by atoms with Gasteiger partial charge in [0, 0.05) is 64.7 Å². The van der Waals surface area contributed by atoms with Gasteiger partial charge < -0.3 is 20.2 Å². The highest BCUT2D eigenvalue weighted by atomic mass is 35.5. The monoisotopic (exact) mass is 631 g/mol. The Morgan fingerprint density at radius 3 is 2.65 bits per heavy atom. The summed E-state index contributed by atoms with van der Waals surface area (Å²) in [5.74, 6) is 0.0484. The molecule has 6 heterocycles. The SMILES string of the molecule is O=C(N[C@H]1CC2=C(c3ccn(C(F)F)n3)[C@H](c3ccc(F)cc3Cl)N=C(c3nccs3)N2C1)N1[C@@H]2CCC[C@H]1CC(O)C2. The van der Waals surface area contributed by atoms with E-state index in [-0.39, 0.29) is 29.2 Å². The molecule has 4 aliphatic heterocycles. The largest absolute Gasteiger partial charge is 0.393 e. The Bertz CT molecular complexity index is 1580. The molecule has 3 saturated heterocycles. The lowest BCUT2D eigenvalue weighted by atomic mass is 9.83. The van der Waals surface area contributed by atoms with Gasteiger partial charge in [0.15, 0.2) is 10.8 Å². The van der Waals surface area contributed by atoms with Crippen LogP contribution >= 0.6 is 22.9 Å². The average molecular weight is 632 g/mol. The van der Waals surface area contributed by atoms with Gasteiger partial charge in [-0.25, -0.2) is 18.9 Å². The first kappa shape index (κ1) is 28.4. The third kappa shape index (κ3) is 5.21. The molecule has 1 aromatic carbocycles. The van der Waals surface area contributed by atoms with Crippen LogP contribution in [0, 0.1) is 5.82 Å². The number of hydrogen-bond donors (Lipinski definition) is 2. The Morgan fingerprint density at radius 2 is 1.98 bits per heavy atom. The molecule has 4 aliphatic rings. The summed E-state index contributed by atoms with van der Waals surface area (Å²) in [5, 5.41) is 20.3. The molecule has 2 N–H and O–H groups in total. The predicted octanol–water partition coefficient (Wildman–Crippen LogP) is 5.60. The molecule has 1 unspecified atom stereocenters. The van der Waals surface area contributed by atoms with Gasteiger partial charge in [-0.2, -0.15) is 13.9 Å². The number of aromatic nitrogens is 3. The first-order valence-electron chi connectivity index (χ1n) is 14.3. The van der Waals surface area contributed by atoms with Crippen molar-refractivity contribution in [1.82, 2.24) is 29.9 Å². The van der Waals surface area contributed by atoms with E-state index in [1.54, 1.807) is 12.3 Å². The number of carbonyl (C=O) groups excluding carboxylic acids is 1. The highest BCUT2D eigenvalue weighted by Crippen LogP contribution is 2.46. The average Bonchev–Trinajstić information content (AvgIpc) is 3.73. The van der Waals surface area contributed by atoms with Gasteiger partial charge in [-0.05, 0) is 50.3 Å². The van der Waals surface area contributed by atoms with Crippen LogP contribution in [0.1, 0.15) is 67.4 Å². The topological polar surface area (TPSA) is 98.9 Å². The minimum atomic E-state index is -2.83. The fourth-order valence-corrected chi connectivity index (χ4v) is 7.90. The number of piperidine rings is 2. The zero-order valence-electron chi connectivity index (χ0n) is 22.9. The maximum atomic E-state index is 14.1. The van der Waals surface area contributed by atoms with Gasteiger partial charge in [0.25, 0.3) is 0 Å². The van der Waals surface area contributed by atoms with Gasteiger partial charge in [0.05, 0.1) is 17.8 Å². The summed E-state index contributed by atoms with van der Waals surface area (Å²) in [6.45, 7) is -2.45. The lowest BCUT2D eigenvalue weighted by Gasteiger charge is -2.47. The van der Waals surface area contributed by atoms with Crippen molar-refractivity contribution in [3.05, 3.63) is 74.8 Å². The Hall–Kier alpha value is -3.42. The second-order valence-corrected chi connectivity index (χ2v) is 12.7. The molecule has 3 aromatic rings. The second kappa shape index (κ2) is 11.3. The number of urea groups is 1. The molecule has 0 aliphatic carbocycles. The van der Waals surface area contributed by atoms with Crippen LogP contribution in [0.2, 0.25) is 5.02 Å². The summed E-state index contributed by atoms with van der Waals surface area (Å²) < 4.78 is 41.9. The van der Waals surface area contributed by atoms with E-state index in [0.29, 0.717) is 58.2 Å². The zero-order valence-corrected chi connectivity index (χ0v) is 24.5. The Morgan fingerprint density at radius 1 is 1.19 bits per heavy atom. The molecule has 0 saturated carbocycles. The van der Waals surface area contributed by atoms with Crippen LogP contribution in [0.15, 0.2) is 52.7 Å². The van der Waals surface area contributed by atoms with E-state index in [1.807, 2.05) is 15.2 Å². The first-order chi connectivity index (χ1) is 20.8. The summed E-state index contributed by atoms with van der Waals surface area (Å²) in [6, 6.07) is 4.26. The lowest BCUT2D eigenvalue weighted by Crippen LogP contribution is -2.60. The van der Waals surface area contributed by atoms with Crippen LogP contribution in [-0.2, 0) is 0 Å². The first-order valence-corrected chi connectivity index (χ1v) is 15.6. The molecule has 3 fully saturated rings. The minimum Gasteiger partial charge on any atom is -0.393 e. The maximum absolute atomic E-state index is 14.1. The molecule has 0 radical (unpaired) electrons. The van der Waals surface area contributed by atoms with E-state index < -0.39 is 24.5 Å². The van der Waals surface area contributed by atoms with Crippen molar-refractivity contribution in [2.45, 2.75) is 75.3 Å². The van der Waals surface area contributed by atoms with Crippen molar-refractivity contribution in [3.63, 3.8) is 0 Å². The fourth-order valence-electron chi connectivity index (χ4n) is 6.98. The van der Waals surface area contributed by atoms with Crippen LogP contribution in [0.25, 0.3) is 5.57 Å². The van der Waals surface area contributed by atoms with Gasteiger partial charge >= 0.3 is 12.6 Å². The van der Waals surface area contributed by atoms with Crippen LogP contribution < -0.4 is 5.32 Å². The molecule has 9 nitrogen and oxygen atoms in total. The van der Waals surface area contributed by atoms with Crippen LogP contribution in [0.4, 0.5) is 18.0 Å². The number of carbonyl (C=O) groups is 1. The molecule has 2 aromatic heterocycles. The quantitative estimate of drug-likeness (QED) is 0.382. The van der Waals surface area contributed by atoms with Crippen molar-refractivity contribution < 1.29 is 23.1 Å². The van der Waals surface area contributed by atoms with Gasteiger partial charge in [0.1, 0.15) is 11.9 Å². The molecular formula is C29H29ClF3N7O2S. The summed E-state index contributed by atoms with van der Waals surface area (Å²) in [5.41, 5.74) is 2.10. The minimum absolute atomic E-state index is 0.00276. The molecule has 43 heavy (non-hydrogen) atoms.